The SMILES string of the molecule is COC(=O)C(NC(=O)OCc1ccccc1)(c1c(-c2ccccc2)c2cc(OC)ccc2[nH]c1=O)C(F)(F)F. The highest BCUT2D eigenvalue weighted by Crippen LogP contribution is 2.45. The van der Waals surface area contributed by atoms with Gasteiger partial charge in [0.2, 0.25) is 0 Å². The van der Waals surface area contributed by atoms with Crippen LogP contribution < -0.4 is 15.6 Å². The van der Waals surface area contributed by atoms with E-state index < -0.39 is 41.5 Å². The van der Waals surface area contributed by atoms with Crippen molar-refractivity contribution in [3.63, 3.8) is 0 Å². The van der Waals surface area contributed by atoms with Crippen LogP contribution in [-0.4, -0.2) is 37.4 Å². The summed E-state index contributed by atoms with van der Waals surface area (Å²) in [4.78, 5) is 41.8. The molecule has 4 rings (SSSR count). The topological polar surface area (TPSA) is 107 Å². The third-order valence-corrected chi connectivity index (χ3v) is 6.08. The van der Waals surface area contributed by atoms with E-state index in [1.165, 1.54) is 37.4 Å². The van der Waals surface area contributed by atoms with E-state index in [0.717, 1.165) is 7.11 Å². The van der Waals surface area contributed by atoms with Gasteiger partial charge in [-0.25, -0.2) is 9.59 Å². The second-order valence-electron chi connectivity index (χ2n) is 8.41. The van der Waals surface area contributed by atoms with Gasteiger partial charge in [-0.15, -0.1) is 0 Å². The number of alkyl halides is 3. The zero-order valence-electron chi connectivity index (χ0n) is 20.8. The maximum Gasteiger partial charge on any atom is 0.427 e. The fourth-order valence-corrected chi connectivity index (χ4v) is 4.27. The average molecular weight is 540 g/mol. The van der Waals surface area contributed by atoms with Crippen LogP contribution in [0.15, 0.2) is 83.7 Å². The predicted molar refractivity (Wildman–Crippen MR) is 136 cm³/mol. The maximum absolute atomic E-state index is 15.1. The Morgan fingerprint density at radius 3 is 2.15 bits per heavy atom. The van der Waals surface area contributed by atoms with Gasteiger partial charge in [0.1, 0.15) is 12.4 Å². The highest BCUT2D eigenvalue weighted by atomic mass is 19.4. The van der Waals surface area contributed by atoms with Crippen molar-refractivity contribution in [1.29, 1.82) is 0 Å². The number of halogens is 3. The van der Waals surface area contributed by atoms with Gasteiger partial charge in [-0.3, -0.25) is 10.1 Å². The molecular formula is C28H23F3N2O6. The number of methoxy groups -OCH3 is 2. The monoisotopic (exact) mass is 540 g/mol. The van der Waals surface area contributed by atoms with Gasteiger partial charge in [-0.2, -0.15) is 13.2 Å². The van der Waals surface area contributed by atoms with Crippen LogP contribution in [0.5, 0.6) is 5.75 Å². The largest absolute Gasteiger partial charge is 0.497 e. The first-order valence-corrected chi connectivity index (χ1v) is 11.6. The number of fused-ring (bicyclic) bond motifs is 1. The van der Waals surface area contributed by atoms with E-state index in [0.29, 0.717) is 5.56 Å². The van der Waals surface area contributed by atoms with E-state index in [9.17, 15) is 14.4 Å². The van der Waals surface area contributed by atoms with Crippen LogP contribution in [0.2, 0.25) is 0 Å². The highest BCUT2D eigenvalue weighted by Gasteiger charge is 2.66. The van der Waals surface area contributed by atoms with Gasteiger partial charge in [0.25, 0.3) is 11.1 Å². The third kappa shape index (κ3) is 5.15. The molecule has 0 saturated heterocycles. The second-order valence-corrected chi connectivity index (χ2v) is 8.41. The summed E-state index contributed by atoms with van der Waals surface area (Å²) in [7, 11) is 2.09. The number of amides is 1. The first-order chi connectivity index (χ1) is 18.6. The van der Waals surface area contributed by atoms with Crippen LogP contribution in [0.3, 0.4) is 0 Å². The van der Waals surface area contributed by atoms with E-state index in [1.54, 1.807) is 53.8 Å². The Labute approximate surface area is 220 Å². The molecule has 0 bridgehead atoms. The fourth-order valence-electron chi connectivity index (χ4n) is 4.27. The standard InChI is InChI=1S/C28H23F3N2O6/c1-37-19-13-14-21-20(15-19)22(18-11-7-4-8-12-18)23(24(34)32-21)27(25(35)38-2,28(29,30)31)33-26(36)39-16-17-9-5-3-6-10-17/h3-15H,16H2,1-2H3,(H,32,34)(H,33,36). The van der Waals surface area contributed by atoms with Crippen LogP contribution in [0, 0.1) is 0 Å². The van der Waals surface area contributed by atoms with Crippen LogP contribution in [-0.2, 0) is 26.4 Å². The van der Waals surface area contributed by atoms with Crippen LogP contribution in [0.1, 0.15) is 11.1 Å². The van der Waals surface area contributed by atoms with E-state index in [2.05, 4.69) is 9.72 Å². The van der Waals surface area contributed by atoms with Gasteiger partial charge in [0, 0.05) is 16.5 Å². The van der Waals surface area contributed by atoms with E-state index >= 15 is 13.2 Å². The first-order valence-electron chi connectivity index (χ1n) is 11.6. The summed E-state index contributed by atoms with van der Waals surface area (Å²) in [5, 5.41) is 1.77. The van der Waals surface area contributed by atoms with Crippen molar-refractivity contribution in [2.75, 3.05) is 14.2 Å². The number of H-pyrrole nitrogens is 1. The summed E-state index contributed by atoms with van der Waals surface area (Å²) in [5.74, 6) is -1.65. The molecule has 0 radical (unpaired) electrons. The minimum absolute atomic E-state index is 0.132. The number of carbonyl (C=O) groups excluding carboxylic acids is 2. The van der Waals surface area contributed by atoms with Gasteiger partial charge in [0.05, 0.1) is 19.8 Å². The Morgan fingerprint density at radius 1 is 0.923 bits per heavy atom. The number of hydrogen-bond acceptors (Lipinski definition) is 6. The number of pyridine rings is 1. The molecule has 0 saturated carbocycles. The molecule has 4 aromatic rings. The smallest absolute Gasteiger partial charge is 0.427 e. The summed E-state index contributed by atoms with van der Waals surface area (Å²) in [5.41, 5.74) is -5.71. The number of alkyl carbamates (subject to hydrolysis) is 1. The first kappa shape index (κ1) is 27.2. The predicted octanol–water partition coefficient (Wildman–Crippen LogP) is 5.06. The summed E-state index contributed by atoms with van der Waals surface area (Å²) >= 11 is 0. The lowest BCUT2D eigenvalue weighted by atomic mass is 9.82. The average Bonchev–Trinajstić information content (AvgIpc) is 2.94. The molecule has 1 atom stereocenters. The number of benzene rings is 3. The Balaban J connectivity index is 2.01. The summed E-state index contributed by atoms with van der Waals surface area (Å²) < 4.78 is 60.1. The Hall–Kier alpha value is -4.80. The van der Waals surface area contributed by atoms with E-state index in [1.807, 2.05) is 0 Å². The number of rotatable bonds is 7. The molecular weight excluding hydrogens is 517 g/mol. The quantitative estimate of drug-likeness (QED) is 0.318. The molecule has 0 aliphatic heterocycles. The van der Waals surface area contributed by atoms with Crippen molar-refractivity contribution in [3.8, 4) is 16.9 Å². The number of carbonyl (C=O) groups is 2. The number of aromatic nitrogens is 1. The molecule has 11 heteroatoms. The Bertz CT molecular complexity index is 1560. The molecule has 0 aliphatic carbocycles. The molecule has 0 spiro atoms. The second kappa shape index (κ2) is 10.9. The third-order valence-electron chi connectivity index (χ3n) is 6.08. The molecule has 1 amide bonds. The number of nitrogens with one attached hydrogen (secondary N) is 2. The van der Waals surface area contributed by atoms with Crippen LogP contribution in [0.25, 0.3) is 22.0 Å². The van der Waals surface area contributed by atoms with Crippen molar-refractivity contribution >= 4 is 23.0 Å². The van der Waals surface area contributed by atoms with Crippen molar-refractivity contribution in [3.05, 3.63) is 100 Å². The zero-order chi connectivity index (χ0) is 28.2. The lowest BCUT2D eigenvalue weighted by Crippen LogP contribution is -2.63. The van der Waals surface area contributed by atoms with Gasteiger partial charge in [-0.1, -0.05) is 60.7 Å². The van der Waals surface area contributed by atoms with E-state index in [-0.39, 0.29) is 27.8 Å². The van der Waals surface area contributed by atoms with Gasteiger partial charge in [0.15, 0.2) is 0 Å². The molecule has 2 N–H and O–H groups in total. The molecule has 8 nitrogen and oxygen atoms in total. The molecule has 0 fully saturated rings. The van der Waals surface area contributed by atoms with E-state index in [4.69, 9.17) is 9.47 Å². The summed E-state index contributed by atoms with van der Waals surface area (Å²) in [6.45, 7) is -0.390. The van der Waals surface area contributed by atoms with Gasteiger partial charge >= 0.3 is 18.2 Å². The highest BCUT2D eigenvalue weighted by molar-refractivity contribution is 6.01. The maximum atomic E-state index is 15.1. The lowest BCUT2D eigenvalue weighted by Gasteiger charge is -2.34. The number of hydrogen-bond donors (Lipinski definition) is 2. The molecule has 0 aliphatic rings. The van der Waals surface area contributed by atoms with Crippen molar-refractivity contribution < 1.29 is 37.0 Å². The fraction of sp³-hybridized carbons (Fsp3) is 0.179. The van der Waals surface area contributed by atoms with Crippen molar-refractivity contribution in [2.45, 2.75) is 18.3 Å². The van der Waals surface area contributed by atoms with Crippen molar-refractivity contribution in [1.82, 2.24) is 10.3 Å². The number of aromatic amines is 1. The molecule has 1 aromatic heterocycles. The molecule has 39 heavy (non-hydrogen) atoms. The lowest BCUT2D eigenvalue weighted by molar-refractivity contribution is -0.213. The van der Waals surface area contributed by atoms with Crippen LogP contribution in [0.4, 0.5) is 18.0 Å². The summed E-state index contributed by atoms with van der Waals surface area (Å²) in [6, 6.07) is 20.3. The van der Waals surface area contributed by atoms with Crippen molar-refractivity contribution in [2.24, 2.45) is 0 Å². The molecule has 202 valence electrons. The molecule has 3 aromatic carbocycles. The Morgan fingerprint density at radius 2 is 1.56 bits per heavy atom. The minimum Gasteiger partial charge on any atom is -0.497 e. The molecule has 1 unspecified atom stereocenters. The number of esters is 1. The minimum atomic E-state index is -5.55. The van der Waals surface area contributed by atoms with Gasteiger partial charge in [-0.05, 0) is 29.3 Å². The molecule has 1 heterocycles. The van der Waals surface area contributed by atoms with Crippen LogP contribution >= 0.6 is 0 Å². The Kier molecular flexibility index (Phi) is 7.61. The zero-order valence-corrected chi connectivity index (χ0v) is 20.8. The number of ether oxygens (including phenoxy) is 3. The normalized spacial score (nSPS) is 12.8. The summed E-state index contributed by atoms with van der Waals surface area (Å²) in [6.07, 6.45) is -7.14. The van der Waals surface area contributed by atoms with Gasteiger partial charge < -0.3 is 19.2 Å².